The van der Waals surface area contributed by atoms with Crippen LogP contribution < -0.4 is 5.56 Å². The second-order valence-electron chi connectivity index (χ2n) is 3.58. The number of halogens is 2. The predicted molar refractivity (Wildman–Crippen MR) is 62.3 cm³/mol. The largest absolute Gasteiger partial charge is 0.332 e. The third-order valence-electron chi connectivity index (χ3n) is 2.30. The molecule has 6 heteroatoms. The van der Waals surface area contributed by atoms with Gasteiger partial charge in [0.1, 0.15) is 11.6 Å². The topological polar surface area (TPSA) is 48.6 Å². The lowest BCUT2D eigenvalue weighted by Crippen LogP contribution is -2.07. The fourth-order valence-corrected chi connectivity index (χ4v) is 1.68. The van der Waals surface area contributed by atoms with Gasteiger partial charge in [-0.2, -0.15) is 0 Å². The van der Waals surface area contributed by atoms with Gasteiger partial charge in [0.2, 0.25) is 0 Å². The number of aromatic amines is 2. The van der Waals surface area contributed by atoms with Crippen LogP contribution in [0.3, 0.4) is 0 Å². The first kappa shape index (κ1) is 11.7. The molecule has 2 aromatic rings. The van der Waals surface area contributed by atoms with Gasteiger partial charge in [0.25, 0.3) is 5.56 Å². The normalized spacial score (nSPS) is 10.5. The predicted octanol–water partition coefficient (Wildman–Crippen LogP) is 2.69. The number of hydrogen-bond acceptors (Lipinski definition) is 2. The van der Waals surface area contributed by atoms with Gasteiger partial charge in [-0.05, 0) is 36.8 Å². The molecule has 1 aromatic carbocycles. The van der Waals surface area contributed by atoms with Crippen LogP contribution in [-0.2, 0) is 0 Å². The van der Waals surface area contributed by atoms with E-state index in [4.69, 9.17) is 12.2 Å². The van der Waals surface area contributed by atoms with E-state index in [1.807, 2.05) is 0 Å². The lowest BCUT2D eigenvalue weighted by molar-refractivity contribution is 0.594. The van der Waals surface area contributed by atoms with Crippen LogP contribution in [0, 0.1) is 23.3 Å². The van der Waals surface area contributed by atoms with Gasteiger partial charge >= 0.3 is 0 Å². The van der Waals surface area contributed by atoms with Crippen molar-refractivity contribution in [2.24, 2.45) is 0 Å². The zero-order chi connectivity index (χ0) is 12.6. The number of aromatic nitrogens is 2. The molecule has 2 rings (SSSR count). The molecule has 0 saturated carbocycles. The number of nitrogens with one attached hydrogen (secondary N) is 2. The monoisotopic (exact) mass is 254 g/mol. The quantitative estimate of drug-likeness (QED) is 0.769. The van der Waals surface area contributed by atoms with E-state index in [2.05, 4.69) is 9.97 Å². The second kappa shape index (κ2) is 4.21. The Morgan fingerprint density at radius 2 is 1.82 bits per heavy atom. The van der Waals surface area contributed by atoms with Gasteiger partial charge < -0.3 is 4.98 Å². The van der Waals surface area contributed by atoms with Crippen molar-refractivity contribution < 1.29 is 8.78 Å². The average molecular weight is 254 g/mol. The molecule has 0 spiro atoms. The summed E-state index contributed by atoms with van der Waals surface area (Å²) < 4.78 is 27.1. The first-order chi connectivity index (χ1) is 7.97. The average Bonchev–Trinajstić information content (AvgIpc) is 2.22. The Balaban J connectivity index is 2.72. The summed E-state index contributed by atoms with van der Waals surface area (Å²) in [4.78, 5) is 16.1. The SMILES string of the molecule is Cc1cc(F)c(-c2cc(=O)[nH]c(=S)[nH]2)cc1F. The Labute approximate surface area is 100 Å². The van der Waals surface area contributed by atoms with Gasteiger partial charge in [-0.15, -0.1) is 0 Å². The molecule has 0 aliphatic carbocycles. The Bertz CT molecular complexity index is 662. The number of benzene rings is 1. The summed E-state index contributed by atoms with van der Waals surface area (Å²) in [6.07, 6.45) is 0. The van der Waals surface area contributed by atoms with Gasteiger partial charge in [0.15, 0.2) is 4.77 Å². The summed E-state index contributed by atoms with van der Waals surface area (Å²) in [5.41, 5.74) is -0.140. The molecule has 88 valence electrons. The lowest BCUT2D eigenvalue weighted by Gasteiger charge is -2.05. The second-order valence-corrected chi connectivity index (χ2v) is 3.99. The van der Waals surface area contributed by atoms with E-state index < -0.39 is 17.2 Å². The van der Waals surface area contributed by atoms with Gasteiger partial charge in [-0.25, -0.2) is 8.78 Å². The smallest absolute Gasteiger partial charge is 0.252 e. The van der Waals surface area contributed by atoms with Crippen molar-refractivity contribution in [3.8, 4) is 11.3 Å². The highest BCUT2D eigenvalue weighted by Crippen LogP contribution is 2.22. The summed E-state index contributed by atoms with van der Waals surface area (Å²) in [7, 11) is 0. The third-order valence-corrected chi connectivity index (χ3v) is 2.50. The van der Waals surface area contributed by atoms with Gasteiger partial charge in [-0.1, -0.05) is 0 Å². The van der Waals surface area contributed by atoms with E-state index in [0.717, 1.165) is 18.2 Å². The number of hydrogen-bond donors (Lipinski definition) is 2. The molecule has 0 radical (unpaired) electrons. The Hall–Kier alpha value is -1.82. The van der Waals surface area contributed by atoms with Gasteiger partial charge in [-0.3, -0.25) is 9.78 Å². The summed E-state index contributed by atoms with van der Waals surface area (Å²) >= 11 is 4.76. The van der Waals surface area contributed by atoms with Crippen LogP contribution in [0.4, 0.5) is 8.78 Å². The molecule has 0 aliphatic heterocycles. The van der Waals surface area contributed by atoms with Crippen molar-refractivity contribution >= 4 is 12.2 Å². The number of H-pyrrole nitrogens is 2. The highest BCUT2D eigenvalue weighted by molar-refractivity contribution is 7.71. The molecule has 2 N–H and O–H groups in total. The highest BCUT2D eigenvalue weighted by atomic mass is 32.1. The van der Waals surface area contributed by atoms with Crippen molar-refractivity contribution in [2.75, 3.05) is 0 Å². The minimum absolute atomic E-state index is 0.0229. The molecule has 0 saturated heterocycles. The van der Waals surface area contributed by atoms with Crippen LogP contribution in [0.25, 0.3) is 11.3 Å². The molecule has 1 aromatic heterocycles. The lowest BCUT2D eigenvalue weighted by atomic mass is 10.1. The Morgan fingerprint density at radius 1 is 1.12 bits per heavy atom. The van der Waals surface area contributed by atoms with E-state index in [9.17, 15) is 13.6 Å². The molecule has 0 amide bonds. The van der Waals surface area contributed by atoms with E-state index >= 15 is 0 Å². The third kappa shape index (κ3) is 2.31. The van der Waals surface area contributed by atoms with Gasteiger partial charge in [0, 0.05) is 11.6 Å². The van der Waals surface area contributed by atoms with E-state index in [-0.39, 0.29) is 21.6 Å². The van der Waals surface area contributed by atoms with Crippen molar-refractivity contribution in [2.45, 2.75) is 6.92 Å². The molecule has 0 aliphatic rings. The first-order valence-corrected chi connectivity index (χ1v) is 5.18. The summed E-state index contributed by atoms with van der Waals surface area (Å²) in [5.74, 6) is -1.15. The molecule has 0 bridgehead atoms. The molecule has 0 unspecified atom stereocenters. The first-order valence-electron chi connectivity index (χ1n) is 4.77. The van der Waals surface area contributed by atoms with Crippen molar-refractivity contribution in [1.82, 2.24) is 9.97 Å². The fourth-order valence-electron chi connectivity index (χ4n) is 1.47. The van der Waals surface area contributed by atoms with Crippen LogP contribution in [0.15, 0.2) is 23.0 Å². The molecule has 0 fully saturated rings. The summed E-state index contributed by atoms with van der Waals surface area (Å²) in [6.45, 7) is 1.46. The molecule has 3 nitrogen and oxygen atoms in total. The van der Waals surface area contributed by atoms with E-state index in [0.29, 0.717) is 0 Å². The number of rotatable bonds is 1. The maximum absolute atomic E-state index is 13.6. The van der Waals surface area contributed by atoms with Crippen LogP contribution >= 0.6 is 12.2 Å². The number of aryl methyl sites for hydroxylation is 1. The summed E-state index contributed by atoms with van der Waals surface area (Å²) in [5, 5.41) is 0. The summed E-state index contributed by atoms with van der Waals surface area (Å²) in [6, 6.07) is 3.23. The van der Waals surface area contributed by atoms with E-state index in [1.165, 1.54) is 6.92 Å². The van der Waals surface area contributed by atoms with Crippen LogP contribution in [0.2, 0.25) is 0 Å². The van der Waals surface area contributed by atoms with E-state index in [1.54, 1.807) is 0 Å². The van der Waals surface area contributed by atoms with Crippen molar-refractivity contribution in [1.29, 1.82) is 0 Å². The Kier molecular flexibility index (Phi) is 2.89. The minimum atomic E-state index is -0.611. The van der Waals surface area contributed by atoms with Gasteiger partial charge in [0.05, 0.1) is 5.69 Å². The minimum Gasteiger partial charge on any atom is -0.332 e. The molecule has 0 atom stereocenters. The maximum Gasteiger partial charge on any atom is 0.252 e. The molecule has 17 heavy (non-hydrogen) atoms. The molecular weight excluding hydrogens is 246 g/mol. The zero-order valence-corrected chi connectivity index (χ0v) is 9.62. The molecule has 1 heterocycles. The van der Waals surface area contributed by atoms with Crippen LogP contribution in [0.1, 0.15) is 5.56 Å². The molecular formula is C11H8F2N2OS. The van der Waals surface area contributed by atoms with Crippen LogP contribution in [0.5, 0.6) is 0 Å². The van der Waals surface area contributed by atoms with Crippen molar-refractivity contribution in [3.63, 3.8) is 0 Å². The van der Waals surface area contributed by atoms with Crippen molar-refractivity contribution in [3.05, 3.63) is 50.5 Å². The highest BCUT2D eigenvalue weighted by Gasteiger charge is 2.10. The zero-order valence-electron chi connectivity index (χ0n) is 8.80. The standard InChI is InChI=1S/C11H8F2N2OS/c1-5-2-8(13)6(3-7(5)12)9-4-10(16)15-11(17)14-9/h2-4H,1H3,(H2,14,15,16,17). The Morgan fingerprint density at radius 3 is 2.47 bits per heavy atom. The van der Waals surface area contributed by atoms with Crippen LogP contribution in [-0.4, -0.2) is 9.97 Å². The maximum atomic E-state index is 13.6. The fraction of sp³-hybridized carbons (Fsp3) is 0.0909.